The summed E-state index contributed by atoms with van der Waals surface area (Å²) in [6.45, 7) is 4.37. The Morgan fingerprint density at radius 1 is 1.53 bits per heavy atom. The van der Waals surface area contributed by atoms with Crippen LogP contribution in [-0.2, 0) is 14.3 Å². The molecule has 0 aliphatic carbocycles. The van der Waals surface area contributed by atoms with E-state index in [0.29, 0.717) is 13.2 Å². The molecular weight excluding hydrogens is 232 g/mol. The van der Waals surface area contributed by atoms with Gasteiger partial charge in [-0.25, -0.2) is 4.79 Å². The van der Waals surface area contributed by atoms with Gasteiger partial charge in [-0.3, -0.25) is 0 Å². The molecule has 1 aliphatic heterocycles. The van der Waals surface area contributed by atoms with Crippen molar-refractivity contribution in [2.75, 3.05) is 26.3 Å². The molecule has 17 heavy (non-hydrogen) atoms. The summed E-state index contributed by atoms with van der Waals surface area (Å²) in [6, 6.07) is 0. The fourth-order valence-electron chi connectivity index (χ4n) is 1.57. The van der Waals surface area contributed by atoms with Gasteiger partial charge < -0.3 is 14.8 Å². The normalized spacial score (nSPS) is 22.8. The lowest BCUT2D eigenvalue weighted by molar-refractivity contribution is -0.159. The van der Waals surface area contributed by atoms with Crippen molar-refractivity contribution in [3.63, 3.8) is 0 Å². The van der Waals surface area contributed by atoms with E-state index in [1.165, 1.54) is 0 Å². The average molecular weight is 251 g/mol. The second-order valence-corrected chi connectivity index (χ2v) is 4.11. The highest BCUT2D eigenvalue weighted by Crippen LogP contribution is 2.30. The van der Waals surface area contributed by atoms with Crippen molar-refractivity contribution in [3.05, 3.63) is 0 Å². The molecule has 0 amide bonds. The molecule has 0 aromatic carbocycles. The first kappa shape index (κ1) is 14.3. The molecule has 0 aromatic rings. The smallest absolute Gasteiger partial charge is 0.377 e. The van der Waals surface area contributed by atoms with Gasteiger partial charge in [0.2, 0.25) is 0 Å². The molecule has 1 saturated heterocycles. The monoisotopic (exact) mass is 251 g/mol. The summed E-state index contributed by atoms with van der Waals surface area (Å²) < 4.78 is 35.4. The molecule has 1 aliphatic rings. The lowest BCUT2D eigenvalue weighted by Gasteiger charge is -2.09. The molecule has 1 heterocycles. The molecule has 100 valence electrons. The van der Waals surface area contributed by atoms with Crippen LogP contribution in [0.2, 0.25) is 0 Å². The lowest BCUT2D eigenvalue weighted by atomic mass is 10.2. The van der Waals surface area contributed by atoms with E-state index in [0.717, 1.165) is 19.4 Å². The molecule has 0 bridgehead atoms. The maximum atomic E-state index is 12.8. The van der Waals surface area contributed by atoms with E-state index < -0.39 is 24.4 Å². The number of nitrogens with one attached hydrogen (secondary N) is 1. The maximum Gasteiger partial charge on any atom is 0.377 e. The van der Waals surface area contributed by atoms with E-state index in [9.17, 15) is 13.6 Å². The summed E-state index contributed by atoms with van der Waals surface area (Å²) in [4.78, 5) is 10.7. The second kappa shape index (κ2) is 6.86. The topological polar surface area (TPSA) is 47.6 Å². The van der Waals surface area contributed by atoms with Crippen LogP contribution >= 0.6 is 0 Å². The van der Waals surface area contributed by atoms with Crippen LogP contribution < -0.4 is 5.32 Å². The number of rotatable bonds is 8. The number of cyclic esters (lactones) is 1. The number of ether oxygens (including phenoxy) is 2. The Kier molecular flexibility index (Phi) is 5.77. The van der Waals surface area contributed by atoms with Crippen LogP contribution in [0.4, 0.5) is 8.78 Å². The first-order chi connectivity index (χ1) is 8.06. The highest BCUT2D eigenvalue weighted by Gasteiger charge is 2.50. The SMILES string of the molecule is CCCOCCCNCC1CC(F)(F)C(=O)O1. The first-order valence-corrected chi connectivity index (χ1v) is 5.93. The van der Waals surface area contributed by atoms with Crippen molar-refractivity contribution in [1.82, 2.24) is 5.32 Å². The summed E-state index contributed by atoms with van der Waals surface area (Å²) in [7, 11) is 0. The zero-order chi connectivity index (χ0) is 12.7. The Labute approximate surface area is 99.7 Å². The Morgan fingerprint density at radius 3 is 2.88 bits per heavy atom. The summed E-state index contributed by atoms with van der Waals surface area (Å²) in [5, 5.41) is 2.97. The fourth-order valence-corrected chi connectivity index (χ4v) is 1.57. The molecule has 0 saturated carbocycles. The van der Waals surface area contributed by atoms with Crippen LogP contribution in [0.1, 0.15) is 26.2 Å². The number of hydrogen-bond donors (Lipinski definition) is 1. The lowest BCUT2D eigenvalue weighted by Crippen LogP contribution is -2.28. The summed E-state index contributed by atoms with van der Waals surface area (Å²) in [5.74, 6) is -4.72. The minimum absolute atomic E-state index is 0.273. The van der Waals surface area contributed by atoms with Gasteiger partial charge in [-0.1, -0.05) is 6.92 Å². The van der Waals surface area contributed by atoms with E-state index in [2.05, 4.69) is 10.1 Å². The van der Waals surface area contributed by atoms with Crippen LogP contribution in [0.25, 0.3) is 0 Å². The number of carbonyl (C=O) groups is 1. The largest absolute Gasteiger partial charge is 0.456 e. The number of esters is 1. The Morgan fingerprint density at radius 2 is 2.29 bits per heavy atom. The second-order valence-electron chi connectivity index (χ2n) is 4.11. The van der Waals surface area contributed by atoms with Crippen LogP contribution in [0.5, 0.6) is 0 Å². The Balaban J connectivity index is 1.99. The average Bonchev–Trinajstić information content (AvgIpc) is 2.51. The van der Waals surface area contributed by atoms with E-state index in [1.54, 1.807) is 0 Å². The van der Waals surface area contributed by atoms with E-state index in [4.69, 9.17) is 4.74 Å². The van der Waals surface area contributed by atoms with Crippen molar-refractivity contribution < 1.29 is 23.0 Å². The van der Waals surface area contributed by atoms with Gasteiger partial charge >= 0.3 is 11.9 Å². The van der Waals surface area contributed by atoms with E-state index in [1.807, 2.05) is 6.92 Å². The van der Waals surface area contributed by atoms with Crippen molar-refractivity contribution in [1.29, 1.82) is 0 Å². The van der Waals surface area contributed by atoms with Gasteiger partial charge in [-0.05, 0) is 19.4 Å². The molecule has 0 radical (unpaired) electrons. The van der Waals surface area contributed by atoms with Gasteiger partial charge in [0.25, 0.3) is 0 Å². The van der Waals surface area contributed by atoms with Gasteiger partial charge in [-0.15, -0.1) is 0 Å². The molecule has 1 rings (SSSR count). The maximum absolute atomic E-state index is 12.8. The third kappa shape index (κ3) is 4.95. The number of carbonyl (C=O) groups excluding carboxylic acids is 1. The molecule has 0 aromatic heterocycles. The zero-order valence-corrected chi connectivity index (χ0v) is 10.0. The quantitative estimate of drug-likeness (QED) is 0.522. The summed E-state index contributed by atoms with van der Waals surface area (Å²) >= 11 is 0. The highest BCUT2D eigenvalue weighted by atomic mass is 19.3. The third-order valence-electron chi connectivity index (χ3n) is 2.42. The number of alkyl halides is 2. The van der Waals surface area contributed by atoms with Crippen LogP contribution in [0, 0.1) is 0 Å². The van der Waals surface area contributed by atoms with E-state index >= 15 is 0 Å². The molecule has 1 atom stereocenters. The van der Waals surface area contributed by atoms with Crippen LogP contribution in [0.15, 0.2) is 0 Å². The molecule has 6 heteroatoms. The molecular formula is C11H19F2NO3. The zero-order valence-electron chi connectivity index (χ0n) is 10.0. The van der Waals surface area contributed by atoms with Gasteiger partial charge in [0.15, 0.2) is 0 Å². The van der Waals surface area contributed by atoms with Crippen molar-refractivity contribution in [3.8, 4) is 0 Å². The standard InChI is InChI=1S/C11H19F2NO3/c1-2-5-16-6-3-4-14-8-9-7-11(12,13)10(15)17-9/h9,14H,2-8H2,1H3. The molecule has 1 fully saturated rings. The van der Waals surface area contributed by atoms with Gasteiger partial charge in [0.1, 0.15) is 6.10 Å². The molecule has 1 N–H and O–H groups in total. The van der Waals surface area contributed by atoms with Gasteiger partial charge in [0.05, 0.1) is 6.42 Å². The number of hydrogen-bond acceptors (Lipinski definition) is 4. The predicted molar refractivity (Wildman–Crippen MR) is 58.0 cm³/mol. The third-order valence-corrected chi connectivity index (χ3v) is 2.42. The molecule has 4 nitrogen and oxygen atoms in total. The molecule has 1 unspecified atom stereocenters. The predicted octanol–water partition coefficient (Wildman–Crippen LogP) is 1.34. The van der Waals surface area contributed by atoms with Gasteiger partial charge in [0, 0.05) is 19.8 Å². The van der Waals surface area contributed by atoms with Crippen LogP contribution in [-0.4, -0.2) is 44.3 Å². The van der Waals surface area contributed by atoms with E-state index in [-0.39, 0.29) is 6.54 Å². The molecule has 0 spiro atoms. The fraction of sp³-hybridized carbons (Fsp3) is 0.909. The Bertz CT molecular complexity index is 249. The summed E-state index contributed by atoms with van der Waals surface area (Å²) in [6.07, 6.45) is 0.567. The number of halogens is 2. The first-order valence-electron chi connectivity index (χ1n) is 5.93. The van der Waals surface area contributed by atoms with Crippen molar-refractivity contribution in [2.24, 2.45) is 0 Å². The van der Waals surface area contributed by atoms with Crippen LogP contribution in [0.3, 0.4) is 0 Å². The minimum atomic E-state index is -3.31. The summed E-state index contributed by atoms with van der Waals surface area (Å²) in [5.41, 5.74) is 0. The highest BCUT2D eigenvalue weighted by molar-refractivity contribution is 5.79. The van der Waals surface area contributed by atoms with Gasteiger partial charge in [-0.2, -0.15) is 8.78 Å². The Hall–Kier alpha value is -0.750. The van der Waals surface area contributed by atoms with Crippen molar-refractivity contribution in [2.45, 2.75) is 38.2 Å². The minimum Gasteiger partial charge on any atom is -0.456 e. The van der Waals surface area contributed by atoms with Crippen molar-refractivity contribution >= 4 is 5.97 Å².